The van der Waals surface area contributed by atoms with E-state index in [0.29, 0.717) is 0 Å². The summed E-state index contributed by atoms with van der Waals surface area (Å²) in [6, 6.07) is 0. The normalized spacial score (nSPS) is 37.3. The van der Waals surface area contributed by atoms with Crippen molar-refractivity contribution < 1.29 is 14.6 Å². The van der Waals surface area contributed by atoms with Gasteiger partial charge in [-0.05, 0) is 19.5 Å². The molecular formula is C11H26O3Si2. The summed E-state index contributed by atoms with van der Waals surface area (Å²) in [4.78, 5) is 0. The van der Waals surface area contributed by atoms with Gasteiger partial charge in [-0.25, -0.2) is 0 Å². The van der Waals surface area contributed by atoms with Crippen LogP contribution in [0.25, 0.3) is 0 Å². The predicted octanol–water partition coefficient (Wildman–Crippen LogP) is 1.83. The highest BCUT2D eigenvalue weighted by molar-refractivity contribution is 7.39. The van der Waals surface area contributed by atoms with E-state index >= 15 is 0 Å². The van der Waals surface area contributed by atoms with E-state index in [2.05, 4.69) is 33.1 Å². The average molecular weight is 262 g/mol. The first-order valence-corrected chi connectivity index (χ1v) is 13.3. The van der Waals surface area contributed by atoms with Gasteiger partial charge in [-0.15, -0.1) is 0 Å². The first-order chi connectivity index (χ1) is 7.24. The van der Waals surface area contributed by atoms with Gasteiger partial charge in [-0.3, -0.25) is 0 Å². The lowest BCUT2D eigenvalue weighted by Gasteiger charge is -2.51. The molecule has 0 saturated carbocycles. The summed E-state index contributed by atoms with van der Waals surface area (Å²) in [7, 11) is -3.65. The standard InChI is InChI=1S/C11H26O3Si2/c1-6-7-8-9-10(12)11(13)15(2,3)16(4,5)14-9/h9-13H,6-8H2,1-5H3. The Labute approximate surface area is 101 Å². The Balaban J connectivity index is 2.80. The Kier molecular flexibility index (Phi) is 4.40. The van der Waals surface area contributed by atoms with Gasteiger partial charge in [-0.2, -0.15) is 0 Å². The Hall–Kier alpha value is 0.314. The third-order valence-electron chi connectivity index (χ3n) is 4.28. The second kappa shape index (κ2) is 4.90. The van der Waals surface area contributed by atoms with Crippen LogP contribution < -0.4 is 0 Å². The van der Waals surface area contributed by atoms with Crippen molar-refractivity contribution in [1.82, 2.24) is 0 Å². The first-order valence-electron chi connectivity index (χ1n) is 6.28. The van der Waals surface area contributed by atoms with Crippen molar-refractivity contribution >= 4 is 15.4 Å². The van der Waals surface area contributed by atoms with Gasteiger partial charge in [0.2, 0.25) is 0 Å². The average Bonchev–Trinajstić information content (AvgIpc) is 2.19. The molecule has 1 saturated heterocycles. The molecule has 0 aromatic carbocycles. The van der Waals surface area contributed by atoms with Crippen molar-refractivity contribution in [3.8, 4) is 0 Å². The molecule has 1 fully saturated rings. The van der Waals surface area contributed by atoms with Crippen molar-refractivity contribution in [2.24, 2.45) is 0 Å². The molecule has 0 bridgehead atoms. The van der Waals surface area contributed by atoms with Crippen LogP contribution in [0.2, 0.25) is 26.2 Å². The maximum atomic E-state index is 10.3. The molecule has 1 aliphatic heterocycles. The van der Waals surface area contributed by atoms with E-state index in [4.69, 9.17) is 4.43 Å². The van der Waals surface area contributed by atoms with Gasteiger partial charge in [0.25, 0.3) is 0 Å². The van der Waals surface area contributed by atoms with E-state index in [-0.39, 0.29) is 6.10 Å². The van der Waals surface area contributed by atoms with Crippen LogP contribution >= 0.6 is 0 Å². The molecule has 3 unspecified atom stereocenters. The highest BCUT2D eigenvalue weighted by atomic mass is 29.3. The topological polar surface area (TPSA) is 49.7 Å². The summed E-state index contributed by atoms with van der Waals surface area (Å²) in [5.41, 5.74) is -0.523. The lowest BCUT2D eigenvalue weighted by atomic mass is 10.1. The van der Waals surface area contributed by atoms with Crippen molar-refractivity contribution in [3.05, 3.63) is 0 Å². The smallest absolute Gasteiger partial charge is 0.177 e. The maximum Gasteiger partial charge on any atom is 0.177 e. The fourth-order valence-corrected chi connectivity index (χ4v) is 9.33. The molecule has 1 rings (SSSR count). The van der Waals surface area contributed by atoms with E-state index in [9.17, 15) is 10.2 Å². The highest BCUT2D eigenvalue weighted by Gasteiger charge is 2.56. The maximum absolute atomic E-state index is 10.3. The van der Waals surface area contributed by atoms with E-state index in [1.165, 1.54) is 0 Å². The summed E-state index contributed by atoms with van der Waals surface area (Å²) in [6.45, 7) is 10.8. The zero-order valence-electron chi connectivity index (χ0n) is 11.2. The van der Waals surface area contributed by atoms with Crippen LogP contribution in [0.3, 0.4) is 0 Å². The summed E-state index contributed by atoms with van der Waals surface area (Å²) < 4.78 is 6.16. The van der Waals surface area contributed by atoms with Gasteiger partial charge in [0, 0.05) is 0 Å². The highest BCUT2D eigenvalue weighted by Crippen LogP contribution is 2.34. The van der Waals surface area contributed by atoms with Crippen LogP contribution in [0, 0.1) is 0 Å². The van der Waals surface area contributed by atoms with E-state index in [1.807, 2.05) is 0 Å². The predicted molar refractivity (Wildman–Crippen MR) is 71.4 cm³/mol. The number of aliphatic hydroxyl groups excluding tert-OH is 2. The molecule has 1 aliphatic rings. The zero-order chi connectivity index (χ0) is 12.6. The lowest BCUT2D eigenvalue weighted by Crippen LogP contribution is -2.74. The van der Waals surface area contributed by atoms with E-state index in [1.54, 1.807) is 0 Å². The van der Waals surface area contributed by atoms with Gasteiger partial charge in [0.05, 0.1) is 11.8 Å². The number of rotatable bonds is 3. The van der Waals surface area contributed by atoms with E-state index < -0.39 is 27.3 Å². The molecule has 1 heterocycles. The van der Waals surface area contributed by atoms with Crippen LogP contribution in [0.1, 0.15) is 26.2 Å². The van der Waals surface area contributed by atoms with Crippen molar-refractivity contribution in [3.63, 3.8) is 0 Å². The molecule has 0 radical (unpaired) electrons. The minimum atomic E-state index is -1.84. The van der Waals surface area contributed by atoms with E-state index in [0.717, 1.165) is 19.3 Å². The summed E-state index contributed by atoms with van der Waals surface area (Å²) in [6.07, 6.45) is 2.22. The molecule has 96 valence electrons. The largest absolute Gasteiger partial charge is 0.414 e. The van der Waals surface area contributed by atoms with Gasteiger partial charge >= 0.3 is 0 Å². The first kappa shape index (κ1) is 14.4. The second-order valence-corrected chi connectivity index (χ2v) is 20.7. The Morgan fingerprint density at radius 3 is 2.19 bits per heavy atom. The van der Waals surface area contributed by atoms with Crippen LogP contribution in [0.15, 0.2) is 0 Å². The molecule has 16 heavy (non-hydrogen) atoms. The van der Waals surface area contributed by atoms with Crippen LogP contribution in [-0.2, 0) is 4.43 Å². The quantitative estimate of drug-likeness (QED) is 0.763. The number of aliphatic hydroxyl groups is 2. The molecule has 5 heteroatoms. The molecule has 3 atom stereocenters. The number of unbranched alkanes of at least 4 members (excludes halogenated alkanes) is 1. The minimum absolute atomic E-state index is 0.142. The van der Waals surface area contributed by atoms with Gasteiger partial charge < -0.3 is 14.6 Å². The fourth-order valence-electron chi connectivity index (χ4n) is 2.22. The second-order valence-electron chi connectivity index (χ2n) is 5.97. The van der Waals surface area contributed by atoms with Crippen LogP contribution in [-0.4, -0.2) is 43.6 Å². The molecule has 2 N–H and O–H groups in total. The summed E-state index contributed by atoms with van der Waals surface area (Å²) >= 11 is 0. The molecule has 0 amide bonds. The molecule has 0 aromatic heterocycles. The van der Waals surface area contributed by atoms with Crippen molar-refractivity contribution in [2.75, 3.05) is 0 Å². The molecule has 3 nitrogen and oxygen atoms in total. The molecule has 0 aromatic rings. The molecular weight excluding hydrogens is 236 g/mol. The van der Waals surface area contributed by atoms with Crippen LogP contribution in [0.5, 0.6) is 0 Å². The third kappa shape index (κ3) is 2.43. The minimum Gasteiger partial charge on any atom is -0.414 e. The van der Waals surface area contributed by atoms with Gasteiger partial charge in [0.1, 0.15) is 13.7 Å². The Morgan fingerprint density at radius 1 is 1.12 bits per heavy atom. The molecule has 0 spiro atoms. The van der Waals surface area contributed by atoms with Crippen molar-refractivity contribution in [2.45, 2.75) is 70.3 Å². The SMILES string of the molecule is CCCCC1O[Si](C)(C)[Si](C)(C)C(O)C1O. The summed E-state index contributed by atoms with van der Waals surface area (Å²) in [5, 5.41) is 20.4. The summed E-state index contributed by atoms with van der Waals surface area (Å²) in [5.74, 6) is 0. The number of hydrogen-bond acceptors (Lipinski definition) is 3. The monoisotopic (exact) mass is 262 g/mol. The Bertz CT molecular complexity index is 243. The zero-order valence-corrected chi connectivity index (χ0v) is 13.2. The van der Waals surface area contributed by atoms with Gasteiger partial charge in [-0.1, -0.05) is 32.9 Å². The van der Waals surface area contributed by atoms with Gasteiger partial charge in [0.15, 0.2) is 7.83 Å². The molecule has 0 aliphatic carbocycles. The van der Waals surface area contributed by atoms with Crippen molar-refractivity contribution in [1.29, 1.82) is 0 Å². The third-order valence-corrected chi connectivity index (χ3v) is 20.7. The van der Waals surface area contributed by atoms with Crippen LogP contribution in [0.4, 0.5) is 0 Å². The number of hydrogen-bond donors (Lipinski definition) is 2. The Morgan fingerprint density at radius 2 is 1.69 bits per heavy atom. The lowest BCUT2D eigenvalue weighted by molar-refractivity contribution is -0.0368. The fraction of sp³-hybridized carbons (Fsp3) is 1.00.